The van der Waals surface area contributed by atoms with Gasteiger partial charge in [-0.1, -0.05) is 12.1 Å². The van der Waals surface area contributed by atoms with Crippen LogP contribution in [0.3, 0.4) is 0 Å². The van der Waals surface area contributed by atoms with Crippen molar-refractivity contribution in [1.29, 1.82) is 0 Å². The molecule has 0 bridgehead atoms. The predicted octanol–water partition coefficient (Wildman–Crippen LogP) is 3.57. The lowest BCUT2D eigenvalue weighted by atomic mass is 10.1. The first-order valence-corrected chi connectivity index (χ1v) is 5.53. The second-order valence-corrected chi connectivity index (χ2v) is 4.28. The Hall–Kier alpha value is -1.78. The van der Waals surface area contributed by atoms with Crippen LogP contribution in [0.15, 0.2) is 30.3 Å². The van der Waals surface area contributed by atoms with E-state index in [4.69, 9.17) is 0 Å². The average Bonchev–Trinajstić information content (AvgIpc) is 2.56. The molecule has 0 aliphatic carbocycles. The molecule has 0 saturated carbocycles. The fourth-order valence-electron chi connectivity index (χ4n) is 1.85. The van der Waals surface area contributed by atoms with Gasteiger partial charge in [0.1, 0.15) is 0 Å². The summed E-state index contributed by atoms with van der Waals surface area (Å²) in [6.45, 7) is 4.09. The molecule has 1 heterocycles. The number of aryl methyl sites for hydroxylation is 2. The summed E-state index contributed by atoms with van der Waals surface area (Å²) in [5.41, 5.74) is 1.77. The van der Waals surface area contributed by atoms with Gasteiger partial charge in [-0.25, -0.2) is 0 Å². The molecule has 18 heavy (non-hydrogen) atoms. The van der Waals surface area contributed by atoms with Gasteiger partial charge in [0.2, 0.25) is 0 Å². The highest BCUT2D eigenvalue weighted by Crippen LogP contribution is 2.29. The highest BCUT2D eigenvalue weighted by Gasteiger charge is 2.30. The summed E-state index contributed by atoms with van der Waals surface area (Å²) in [5, 5.41) is 4.23. The molecule has 0 unspecified atom stereocenters. The maximum absolute atomic E-state index is 12.6. The molecular formula is C13H13F3N2. The minimum absolute atomic E-state index is 0.351. The molecule has 2 rings (SSSR count). The minimum Gasteiger partial charge on any atom is -0.265 e. The zero-order chi connectivity index (χ0) is 13.3. The Labute approximate surface area is 103 Å². The SMILES string of the molecule is Cc1cc(C)n(Cc2cccc(C(F)(F)F)c2)n1. The maximum Gasteiger partial charge on any atom is 0.416 e. The fraction of sp³-hybridized carbons (Fsp3) is 0.308. The summed E-state index contributed by atoms with van der Waals surface area (Å²) in [4.78, 5) is 0. The van der Waals surface area contributed by atoms with Crippen LogP contribution in [0, 0.1) is 13.8 Å². The van der Waals surface area contributed by atoms with Crippen molar-refractivity contribution in [2.75, 3.05) is 0 Å². The Bertz CT molecular complexity index is 556. The number of hydrogen-bond donors (Lipinski definition) is 0. The molecule has 0 aliphatic heterocycles. The Balaban J connectivity index is 2.27. The molecule has 0 atom stereocenters. The van der Waals surface area contributed by atoms with Crippen LogP contribution in [0.5, 0.6) is 0 Å². The average molecular weight is 254 g/mol. The van der Waals surface area contributed by atoms with Gasteiger partial charge in [-0.3, -0.25) is 4.68 Å². The van der Waals surface area contributed by atoms with Crippen molar-refractivity contribution < 1.29 is 13.2 Å². The molecule has 0 saturated heterocycles. The number of benzene rings is 1. The van der Waals surface area contributed by atoms with Crippen LogP contribution in [0.25, 0.3) is 0 Å². The Morgan fingerprint density at radius 1 is 1.17 bits per heavy atom. The van der Waals surface area contributed by atoms with Crippen molar-refractivity contribution >= 4 is 0 Å². The molecular weight excluding hydrogens is 241 g/mol. The third-order valence-electron chi connectivity index (χ3n) is 2.69. The van der Waals surface area contributed by atoms with Gasteiger partial charge in [-0.05, 0) is 37.6 Å². The first-order chi connectivity index (χ1) is 8.36. The van der Waals surface area contributed by atoms with Crippen molar-refractivity contribution in [1.82, 2.24) is 9.78 Å². The van der Waals surface area contributed by atoms with Crippen LogP contribution in [-0.2, 0) is 12.7 Å². The molecule has 0 spiro atoms. The molecule has 2 nitrogen and oxygen atoms in total. The molecule has 5 heteroatoms. The second kappa shape index (κ2) is 4.48. The molecule has 1 aromatic heterocycles. The summed E-state index contributed by atoms with van der Waals surface area (Å²) in [6, 6.07) is 7.23. The van der Waals surface area contributed by atoms with Gasteiger partial charge in [0.05, 0.1) is 17.8 Å². The van der Waals surface area contributed by atoms with Gasteiger partial charge in [-0.2, -0.15) is 18.3 Å². The predicted molar refractivity (Wildman–Crippen MR) is 62.2 cm³/mol. The minimum atomic E-state index is -4.30. The van der Waals surface area contributed by atoms with E-state index in [1.807, 2.05) is 19.9 Å². The number of hydrogen-bond acceptors (Lipinski definition) is 1. The molecule has 0 aliphatic rings. The van der Waals surface area contributed by atoms with E-state index in [2.05, 4.69) is 5.10 Å². The van der Waals surface area contributed by atoms with Crippen LogP contribution in [0.4, 0.5) is 13.2 Å². The van der Waals surface area contributed by atoms with Gasteiger partial charge in [0.15, 0.2) is 0 Å². The third kappa shape index (κ3) is 2.72. The molecule has 0 fully saturated rings. The summed E-state index contributed by atoms with van der Waals surface area (Å²) in [7, 11) is 0. The van der Waals surface area contributed by atoms with E-state index in [0.717, 1.165) is 23.5 Å². The Kier molecular flexibility index (Phi) is 3.15. The van der Waals surface area contributed by atoms with Gasteiger partial charge in [0.25, 0.3) is 0 Å². The van der Waals surface area contributed by atoms with Crippen LogP contribution < -0.4 is 0 Å². The lowest BCUT2D eigenvalue weighted by molar-refractivity contribution is -0.137. The number of halogens is 3. The van der Waals surface area contributed by atoms with E-state index >= 15 is 0 Å². The summed E-state index contributed by atoms with van der Waals surface area (Å²) in [6.07, 6.45) is -4.30. The molecule has 96 valence electrons. The van der Waals surface area contributed by atoms with E-state index in [0.29, 0.717) is 12.1 Å². The van der Waals surface area contributed by atoms with Crippen LogP contribution in [-0.4, -0.2) is 9.78 Å². The number of rotatable bonds is 2. The standard InChI is InChI=1S/C13H13F3N2/c1-9-6-10(2)18(17-9)8-11-4-3-5-12(7-11)13(14,15)16/h3-7H,8H2,1-2H3. The lowest BCUT2D eigenvalue weighted by Crippen LogP contribution is -2.08. The lowest BCUT2D eigenvalue weighted by Gasteiger charge is -2.09. The smallest absolute Gasteiger partial charge is 0.265 e. The maximum atomic E-state index is 12.6. The van der Waals surface area contributed by atoms with Crippen LogP contribution in [0.1, 0.15) is 22.5 Å². The van der Waals surface area contributed by atoms with E-state index in [1.54, 1.807) is 10.7 Å². The fourth-order valence-corrected chi connectivity index (χ4v) is 1.85. The van der Waals surface area contributed by atoms with Gasteiger partial charge < -0.3 is 0 Å². The number of aromatic nitrogens is 2. The van der Waals surface area contributed by atoms with Gasteiger partial charge in [-0.15, -0.1) is 0 Å². The first-order valence-electron chi connectivity index (χ1n) is 5.53. The number of alkyl halides is 3. The van der Waals surface area contributed by atoms with Gasteiger partial charge >= 0.3 is 6.18 Å². The second-order valence-electron chi connectivity index (χ2n) is 4.28. The normalized spacial score (nSPS) is 11.8. The largest absolute Gasteiger partial charge is 0.416 e. The van der Waals surface area contributed by atoms with E-state index in [-0.39, 0.29) is 0 Å². The van der Waals surface area contributed by atoms with Crippen molar-refractivity contribution in [2.45, 2.75) is 26.6 Å². The highest BCUT2D eigenvalue weighted by atomic mass is 19.4. The van der Waals surface area contributed by atoms with Crippen molar-refractivity contribution in [2.24, 2.45) is 0 Å². The third-order valence-corrected chi connectivity index (χ3v) is 2.69. The monoisotopic (exact) mass is 254 g/mol. The quantitative estimate of drug-likeness (QED) is 0.801. The van der Waals surface area contributed by atoms with E-state index in [9.17, 15) is 13.2 Å². The van der Waals surface area contributed by atoms with Crippen LogP contribution in [0.2, 0.25) is 0 Å². The summed E-state index contributed by atoms with van der Waals surface area (Å²) < 4.78 is 39.4. The zero-order valence-corrected chi connectivity index (χ0v) is 10.1. The van der Waals surface area contributed by atoms with Crippen LogP contribution >= 0.6 is 0 Å². The summed E-state index contributed by atoms with van der Waals surface area (Å²) >= 11 is 0. The Morgan fingerprint density at radius 2 is 1.89 bits per heavy atom. The molecule has 1 aromatic carbocycles. The Morgan fingerprint density at radius 3 is 2.44 bits per heavy atom. The van der Waals surface area contributed by atoms with Crippen molar-refractivity contribution in [3.8, 4) is 0 Å². The zero-order valence-electron chi connectivity index (χ0n) is 10.1. The van der Waals surface area contributed by atoms with Crippen molar-refractivity contribution in [3.05, 3.63) is 52.8 Å². The molecule has 2 aromatic rings. The molecule has 0 radical (unpaired) electrons. The number of nitrogens with zero attached hydrogens (tertiary/aromatic N) is 2. The van der Waals surface area contributed by atoms with E-state index in [1.165, 1.54) is 6.07 Å². The van der Waals surface area contributed by atoms with E-state index < -0.39 is 11.7 Å². The first kappa shape index (κ1) is 12.7. The molecule has 0 amide bonds. The molecule has 0 N–H and O–H groups in total. The topological polar surface area (TPSA) is 17.8 Å². The van der Waals surface area contributed by atoms with Crippen molar-refractivity contribution in [3.63, 3.8) is 0 Å². The highest BCUT2D eigenvalue weighted by molar-refractivity contribution is 5.26. The van der Waals surface area contributed by atoms with Gasteiger partial charge in [0, 0.05) is 5.69 Å². The summed E-state index contributed by atoms with van der Waals surface area (Å²) in [5.74, 6) is 0.